The molecule has 0 aliphatic rings. The number of alkyl halides is 3. The highest BCUT2D eigenvalue weighted by Gasteiger charge is 2.41. The predicted octanol–water partition coefficient (Wildman–Crippen LogP) is 1.49. The number of carbonyl (C=O) groups excluding carboxylic acids is 1. The van der Waals surface area contributed by atoms with Crippen LogP contribution < -0.4 is 0 Å². The minimum Gasteiger partial charge on any atom is -0.461 e. The Bertz CT molecular complexity index is 386. The zero-order chi connectivity index (χ0) is 12.3. The topological polar surface area (TPSA) is 57.0 Å². The van der Waals surface area contributed by atoms with Gasteiger partial charge in [-0.05, 0) is 13.8 Å². The third kappa shape index (κ3) is 2.31. The van der Waals surface area contributed by atoms with E-state index in [4.69, 9.17) is 0 Å². The van der Waals surface area contributed by atoms with Crippen molar-refractivity contribution in [1.82, 2.24) is 15.0 Å². The zero-order valence-electron chi connectivity index (χ0n) is 8.71. The van der Waals surface area contributed by atoms with Crippen molar-refractivity contribution < 1.29 is 22.7 Å². The van der Waals surface area contributed by atoms with Gasteiger partial charge >= 0.3 is 12.1 Å². The average molecular weight is 237 g/mol. The summed E-state index contributed by atoms with van der Waals surface area (Å²) >= 11 is 0. The second kappa shape index (κ2) is 4.50. The number of ether oxygens (including phenoxy) is 1. The molecule has 0 N–H and O–H groups in total. The lowest BCUT2D eigenvalue weighted by Crippen LogP contribution is -2.19. The summed E-state index contributed by atoms with van der Waals surface area (Å²) < 4.78 is 42.9. The van der Waals surface area contributed by atoms with Crippen LogP contribution in [0.5, 0.6) is 0 Å². The molecular formula is C8H10F3N3O2. The molecule has 0 aromatic carbocycles. The van der Waals surface area contributed by atoms with E-state index in [2.05, 4.69) is 15.0 Å². The largest absolute Gasteiger partial charge is 0.461 e. The first kappa shape index (κ1) is 12.5. The summed E-state index contributed by atoms with van der Waals surface area (Å²) in [5, 5.41) is 6.44. The predicted molar refractivity (Wildman–Crippen MR) is 46.7 cm³/mol. The minimum atomic E-state index is -4.68. The zero-order valence-corrected chi connectivity index (χ0v) is 8.71. The van der Waals surface area contributed by atoms with Gasteiger partial charge in [0.25, 0.3) is 0 Å². The monoisotopic (exact) mass is 237 g/mol. The maximum Gasteiger partial charge on any atom is 0.435 e. The van der Waals surface area contributed by atoms with Crippen molar-refractivity contribution in [3.05, 3.63) is 11.4 Å². The van der Waals surface area contributed by atoms with E-state index in [9.17, 15) is 18.0 Å². The number of aryl methyl sites for hydroxylation is 1. The molecule has 0 amide bonds. The van der Waals surface area contributed by atoms with Crippen molar-refractivity contribution in [2.45, 2.75) is 26.6 Å². The molecule has 16 heavy (non-hydrogen) atoms. The molecule has 0 spiro atoms. The smallest absolute Gasteiger partial charge is 0.435 e. The maximum absolute atomic E-state index is 12.6. The van der Waals surface area contributed by atoms with Gasteiger partial charge in [-0.15, -0.1) is 5.10 Å². The molecule has 1 rings (SSSR count). The average Bonchev–Trinajstić information content (AvgIpc) is 2.60. The molecular weight excluding hydrogens is 227 g/mol. The molecule has 0 bridgehead atoms. The Hall–Kier alpha value is -1.60. The van der Waals surface area contributed by atoms with Gasteiger partial charge in [0.1, 0.15) is 0 Å². The van der Waals surface area contributed by atoms with Crippen molar-refractivity contribution >= 4 is 5.97 Å². The van der Waals surface area contributed by atoms with E-state index >= 15 is 0 Å². The lowest BCUT2D eigenvalue weighted by atomic mass is 10.3. The van der Waals surface area contributed by atoms with Gasteiger partial charge in [0.2, 0.25) is 5.69 Å². The standard InChI is InChI=1S/C8H10F3N3O2/c1-3-14-6(8(9,10)11)5(12-13-14)7(15)16-4-2/h3-4H2,1-2H3. The Morgan fingerprint density at radius 3 is 2.50 bits per heavy atom. The Morgan fingerprint density at radius 2 is 2.06 bits per heavy atom. The second-order valence-electron chi connectivity index (χ2n) is 2.82. The molecule has 0 saturated heterocycles. The van der Waals surface area contributed by atoms with Crippen molar-refractivity contribution in [2.75, 3.05) is 6.61 Å². The third-order valence-electron chi connectivity index (χ3n) is 1.77. The molecule has 0 aliphatic heterocycles. The van der Waals surface area contributed by atoms with E-state index in [1.165, 1.54) is 13.8 Å². The number of esters is 1. The number of halogens is 3. The number of rotatable bonds is 3. The molecule has 90 valence electrons. The molecule has 1 heterocycles. The summed E-state index contributed by atoms with van der Waals surface area (Å²) in [7, 11) is 0. The highest BCUT2D eigenvalue weighted by molar-refractivity contribution is 5.88. The van der Waals surface area contributed by atoms with Crippen LogP contribution in [-0.4, -0.2) is 27.6 Å². The second-order valence-corrected chi connectivity index (χ2v) is 2.82. The molecule has 1 aromatic heterocycles. The SMILES string of the molecule is CCOC(=O)c1nnn(CC)c1C(F)(F)F. The van der Waals surface area contributed by atoms with Crippen LogP contribution in [0.4, 0.5) is 13.2 Å². The Kier molecular flexibility index (Phi) is 3.51. The lowest BCUT2D eigenvalue weighted by molar-refractivity contribution is -0.144. The van der Waals surface area contributed by atoms with Gasteiger partial charge in [-0.3, -0.25) is 0 Å². The van der Waals surface area contributed by atoms with Crippen molar-refractivity contribution in [2.24, 2.45) is 0 Å². The molecule has 1 aromatic rings. The Labute approximate surface area is 89.2 Å². The highest BCUT2D eigenvalue weighted by atomic mass is 19.4. The first-order valence-corrected chi connectivity index (χ1v) is 4.59. The highest BCUT2D eigenvalue weighted by Crippen LogP contribution is 2.31. The fraction of sp³-hybridized carbons (Fsp3) is 0.625. The number of hydrogen-bond acceptors (Lipinski definition) is 4. The Morgan fingerprint density at radius 1 is 1.44 bits per heavy atom. The van der Waals surface area contributed by atoms with E-state index in [1.54, 1.807) is 0 Å². The summed E-state index contributed by atoms with van der Waals surface area (Å²) in [5.41, 5.74) is -1.97. The van der Waals surface area contributed by atoms with E-state index in [0.29, 0.717) is 4.68 Å². The fourth-order valence-corrected chi connectivity index (χ4v) is 1.15. The van der Waals surface area contributed by atoms with Gasteiger partial charge < -0.3 is 4.74 Å². The molecule has 0 atom stereocenters. The molecule has 0 radical (unpaired) electrons. The van der Waals surface area contributed by atoms with Crippen LogP contribution in [0.25, 0.3) is 0 Å². The van der Waals surface area contributed by atoms with Crippen LogP contribution in [0.2, 0.25) is 0 Å². The van der Waals surface area contributed by atoms with Crippen LogP contribution >= 0.6 is 0 Å². The summed E-state index contributed by atoms with van der Waals surface area (Å²) in [5.74, 6) is -1.12. The van der Waals surface area contributed by atoms with Crippen LogP contribution in [0.1, 0.15) is 30.0 Å². The van der Waals surface area contributed by atoms with Gasteiger partial charge in [0.15, 0.2) is 5.69 Å². The summed E-state index contributed by atoms with van der Waals surface area (Å²) in [6, 6.07) is 0. The van der Waals surface area contributed by atoms with Gasteiger partial charge in [-0.2, -0.15) is 13.2 Å². The summed E-state index contributed by atoms with van der Waals surface area (Å²) in [6.07, 6.45) is -4.68. The van der Waals surface area contributed by atoms with Gasteiger partial charge in [0.05, 0.1) is 6.61 Å². The van der Waals surface area contributed by atoms with E-state index in [-0.39, 0.29) is 13.2 Å². The molecule has 8 heteroatoms. The van der Waals surface area contributed by atoms with Crippen LogP contribution in [0.3, 0.4) is 0 Å². The number of nitrogens with zero attached hydrogens (tertiary/aromatic N) is 3. The quantitative estimate of drug-likeness (QED) is 0.747. The summed E-state index contributed by atoms with van der Waals surface area (Å²) in [4.78, 5) is 11.2. The third-order valence-corrected chi connectivity index (χ3v) is 1.77. The lowest BCUT2D eigenvalue weighted by Gasteiger charge is -2.08. The maximum atomic E-state index is 12.6. The van der Waals surface area contributed by atoms with Crippen molar-refractivity contribution in [1.29, 1.82) is 0 Å². The minimum absolute atomic E-state index is 0.0187. The first-order chi connectivity index (χ1) is 7.41. The normalized spacial score (nSPS) is 11.6. The molecule has 0 fully saturated rings. The van der Waals surface area contributed by atoms with Gasteiger partial charge in [-0.25, -0.2) is 9.48 Å². The fourth-order valence-electron chi connectivity index (χ4n) is 1.15. The molecule has 0 saturated carbocycles. The van der Waals surface area contributed by atoms with E-state index in [0.717, 1.165) is 0 Å². The number of hydrogen-bond donors (Lipinski definition) is 0. The number of aromatic nitrogens is 3. The first-order valence-electron chi connectivity index (χ1n) is 4.59. The van der Waals surface area contributed by atoms with Crippen LogP contribution in [0, 0.1) is 0 Å². The number of carbonyl (C=O) groups is 1. The van der Waals surface area contributed by atoms with Crippen LogP contribution in [0.15, 0.2) is 0 Å². The van der Waals surface area contributed by atoms with Gasteiger partial charge in [-0.1, -0.05) is 5.21 Å². The van der Waals surface area contributed by atoms with E-state index in [1.807, 2.05) is 0 Å². The summed E-state index contributed by atoms with van der Waals surface area (Å²) in [6.45, 7) is 2.92. The molecule has 5 nitrogen and oxygen atoms in total. The van der Waals surface area contributed by atoms with Crippen molar-refractivity contribution in [3.8, 4) is 0 Å². The van der Waals surface area contributed by atoms with E-state index < -0.39 is 23.5 Å². The molecule has 0 aliphatic carbocycles. The molecule has 0 unspecified atom stereocenters. The van der Waals surface area contributed by atoms with Crippen LogP contribution in [-0.2, 0) is 17.5 Å². The van der Waals surface area contributed by atoms with Gasteiger partial charge in [0, 0.05) is 6.54 Å². The van der Waals surface area contributed by atoms with Crippen molar-refractivity contribution in [3.63, 3.8) is 0 Å². The Balaban J connectivity index is 3.20.